The van der Waals surface area contributed by atoms with Gasteiger partial charge in [0.1, 0.15) is 0 Å². The van der Waals surface area contributed by atoms with Crippen LogP contribution < -0.4 is 5.32 Å². The standard InChI is InChI=1S/C5H6N4S/c6-1-2-7-3-5-4-10-9-8-5/h4,7H,2-3H2. The lowest BCUT2D eigenvalue weighted by atomic mass is 10.5. The van der Waals surface area contributed by atoms with Crippen molar-refractivity contribution in [3.63, 3.8) is 0 Å². The van der Waals surface area contributed by atoms with E-state index in [2.05, 4.69) is 14.9 Å². The van der Waals surface area contributed by atoms with Gasteiger partial charge in [0.15, 0.2) is 0 Å². The van der Waals surface area contributed by atoms with Crippen LogP contribution in [-0.4, -0.2) is 16.1 Å². The van der Waals surface area contributed by atoms with Crippen molar-refractivity contribution in [2.45, 2.75) is 6.54 Å². The molecule has 0 aromatic carbocycles. The Labute approximate surface area is 62.7 Å². The summed E-state index contributed by atoms with van der Waals surface area (Å²) in [5.74, 6) is 0. The molecule has 0 radical (unpaired) electrons. The molecule has 1 rings (SSSR count). The number of aromatic nitrogens is 2. The van der Waals surface area contributed by atoms with Crippen LogP contribution >= 0.6 is 11.5 Å². The molecule has 0 fully saturated rings. The number of hydrogen-bond donors (Lipinski definition) is 1. The first-order valence-electron chi connectivity index (χ1n) is 2.77. The largest absolute Gasteiger partial charge is 0.299 e. The van der Waals surface area contributed by atoms with Crippen LogP contribution in [0, 0.1) is 11.3 Å². The maximum atomic E-state index is 8.15. The molecule has 0 amide bonds. The molecule has 1 aromatic rings. The highest BCUT2D eigenvalue weighted by atomic mass is 32.1. The summed E-state index contributed by atoms with van der Waals surface area (Å²) >= 11 is 1.31. The smallest absolute Gasteiger partial charge is 0.0893 e. The van der Waals surface area contributed by atoms with Crippen LogP contribution in [0.5, 0.6) is 0 Å². The first-order chi connectivity index (χ1) is 4.93. The molecular weight excluding hydrogens is 148 g/mol. The summed E-state index contributed by atoms with van der Waals surface area (Å²) in [6, 6.07) is 1.97. The second kappa shape index (κ2) is 3.93. The fraction of sp³-hybridized carbons (Fsp3) is 0.400. The predicted octanol–water partition coefficient (Wildman–Crippen LogP) is 0.151. The molecule has 0 aliphatic heterocycles. The quantitative estimate of drug-likeness (QED) is 0.497. The van der Waals surface area contributed by atoms with Gasteiger partial charge in [0.2, 0.25) is 0 Å². The second-order valence-electron chi connectivity index (χ2n) is 1.66. The topological polar surface area (TPSA) is 61.6 Å². The van der Waals surface area contributed by atoms with E-state index in [-0.39, 0.29) is 0 Å². The third kappa shape index (κ3) is 2.09. The highest BCUT2D eigenvalue weighted by molar-refractivity contribution is 7.03. The van der Waals surface area contributed by atoms with Crippen molar-refractivity contribution in [3.05, 3.63) is 11.1 Å². The van der Waals surface area contributed by atoms with E-state index < -0.39 is 0 Å². The summed E-state index contributed by atoms with van der Waals surface area (Å²) in [6.45, 7) is 0.988. The lowest BCUT2D eigenvalue weighted by Gasteiger charge is -1.91. The van der Waals surface area contributed by atoms with Crippen molar-refractivity contribution in [3.8, 4) is 6.07 Å². The average Bonchev–Trinajstić information content (AvgIpc) is 2.41. The molecule has 4 nitrogen and oxygen atoms in total. The maximum Gasteiger partial charge on any atom is 0.0893 e. The van der Waals surface area contributed by atoms with Gasteiger partial charge in [0.25, 0.3) is 0 Å². The molecule has 5 heteroatoms. The van der Waals surface area contributed by atoms with Crippen LogP contribution in [0.25, 0.3) is 0 Å². The summed E-state index contributed by atoms with van der Waals surface area (Å²) < 4.78 is 3.67. The van der Waals surface area contributed by atoms with Crippen LogP contribution in [0.1, 0.15) is 5.69 Å². The summed E-state index contributed by atoms with van der Waals surface area (Å²) in [6.07, 6.45) is 0. The zero-order chi connectivity index (χ0) is 7.23. The highest BCUT2D eigenvalue weighted by Crippen LogP contribution is 1.94. The van der Waals surface area contributed by atoms with Crippen LogP contribution in [0.15, 0.2) is 5.38 Å². The molecule has 0 bridgehead atoms. The molecule has 1 aromatic heterocycles. The number of nitriles is 1. The van der Waals surface area contributed by atoms with E-state index in [1.807, 2.05) is 11.4 Å². The molecule has 52 valence electrons. The van der Waals surface area contributed by atoms with Gasteiger partial charge in [-0.2, -0.15) is 5.26 Å². The van der Waals surface area contributed by atoms with Gasteiger partial charge in [-0.3, -0.25) is 5.32 Å². The molecule has 0 saturated heterocycles. The minimum absolute atomic E-state index is 0.359. The van der Waals surface area contributed by atoms with Crippen molar-refractivity contribution >= 4 is 11.5 Å². The van der Waals surface area contributed by atoms with E-state index in [0.717, 1.165) is 5.69 Å². The minimum atomic E-state index is 0.359. The molecule has 1 N–H and O–H groups in total. The molecule has 1 heterocycles. The Morgan fingerprint density at radius 3 is 3.30 bits per heavy atom. The van der Waals surface area contributed by atoms with E-state index >= 15 is 0 Å². The summed E-state index contributed by atoms with van der Waals surface area (Å²) in [5, 5.41) is 16.7. The van der Waals surface area contributed by atoms with Crippen LogP contribution in [-0.2, 0) is 6.54 Å². The van der Waals surface area contributed by atoms with Crippen molar-refractivity contribution in [1.29, 1.82) is 5.26 Å². The zero-order valence-corrected chi connectivity index (χ0v) is 6.06. The fourth-order valence-electron chi connectivity index (χ4n) is 0.507. The third-order valence-electron chi connectivity index (χ3n) is 0.915. The van der Waals surface area contributed by atoms with Crippen molar-refractivity contribution < 1.29 is 0 Å². The Kier molecular flexibility index (Phi) is 2.80. The van der Waals surface area contributed by atoms with Gasteiger partial charge in [-0.25, -0.2) is 0 Å². The third-order valence-corrected chi connectivity index (χ3v) is 1.47. The Morgan fingerprint density at radius 1 is 1.80 bits per heavy atom. The normalized spacial score (nSPS) is 9.10. The molecule has 10 heavy (non-hydrogen) atoms. The Morgan fingerprint density at radius 2 is 2.70 bits per heavy atom. The van der Waals surface area contributed by atoms with Crippen molar-refractivity contribution in [2.75, 3.05) is 6.54 Å². The molecule has 0 aliphatic rings. The number of nitrogens with zero attached hydrogens (tertiary/aromatic N) is 3. The van der Waals surface area contributed by atoms with E-state index in [1.54, 1.807) is 0 Å². The molecule has 0 unspecified atom stereocenters. The molecular formula is C5H6N4S. The van der Waals surface area contributed by atoms with E-state index in [4.69, 9.17) is 5.26 Å². The van der Waals surface area contributed by atoms with Crippen LogP contribution in [0.4, 0.5) is 0 Å². The Balaban J connectivity index is 2.23. The van der Waals surface area contributed by atoms with E-state index in [1.165, 1.54) is 11.5 Å². The second-order valence-corrected chi connectivity index (χ2v) is 2.27. The molecule has 0 spiro atoms. The van der Waals surface area contributed by atoms with Gasteiger partial charge in [0, 0.05) is 11.9 Å². The van der Waals surface area contributed by atoms with Crippen molar-refractivity contribution in [2.24, 2.45) is 0 Å². The fourth-order valence-corrected chi connectivity index (χ4v) is 0.959. The SMILES string of the molecule is N#CCNCc1csnn1. The maximum absolute atomic E-state index is 8.15. The lowest BCUT2D eigenvalue weighted by molar-refractivity contribution is 0.741. The van der Waals surface area contributed by atoms with Gasteiger partial charge in [-0.05, 0) is 11.5 Å². The summed E-state index contributed by atoms with van der Waals surface area (Å²) in [4.78, 5) is 0. The first-order valence-corrected chi connectivity index (χ1v) is 3.60. The van der Waals surface area contributed by atoms with Gasteiger partial charge in [0.05, 0.1) is 18.3 Å². The first kappa shape index (κ1) is 7.12. The van der Waals surface area contributed by atoms with Crippen molar-refractivity contribution in [1.82, 2.24) is 14.9 Å². The Bertz CT molecular complexity index is 212. The predicted molar refractivity (Wildman–Crippen MR) is 37.2 cm³/mol. The zero-order valence-electron chi connectivity index (χ0n) is 5.24. The monoisotopic (exact) mass is 154 g/mol. The molecule has 0 atom stereocenters. The van der Waals surface area contributed by atoms with E-state index in [0.29, 0.717) is 13.1 Å². The lowest BCUT2D eigenvalue weighted by Crippen LogP contribution is -2.13. The van der Waals surface area contributed by atoms with Crippen LogP contribution in [0.3, 0.4) is 0 Å². The summed E-state index contributed by atoms with van der Waals surface area (Å²) in [7, 11) is 0. The molecule has 0 saturated carbocycles. The average molecular weight is 154 g/mol. The van der Waals surface area contributed by atoms with Gasteiger partial charge in [-0.15, -0.1) is 5.10 Å². The Hall–Kier alpha value is -0.990. The number of nitrogens with one attached hydrogen (secondary N) is 1. The molecule has 0 aliphatic carbocycles. The number of rotatable bonds is 3. The summed E-state index contributed by atoms with van der Waals surface area (Å²) in [5.41, 5.74) is 0.889. The number of hydrogen-bond acceptors (Lipinski definition) is 5. The van der Waals surface area contributed by atoms with Gasteiger partial charge in [-0.1, -0.05) is 4.49 Å². The minimum Gasteiger partial charge on any atom is -0.299 e. The van der Waals surface area contributed by atoms with Crippen LogP contribution in [0.2, 0.25) is 0 Å². The van der Waals surface area contributed by atoms with Gasteiger partial charge < -0.3 is 0 Å². The van der Waals surface area contributed by atoms with E-state index in [9.17, 15) is 0 Å². The van der Waals surface area contributed by atoms with Gasteiger partial charge >= 0.3 is 0 Å². The highest BCUT2D eigenvalue weighted by Gasteiger charge is 1.92.